The van der Waals surface area contributed by atoms with Crippen LogP contribution < -0.4 is 0 Å². The van der Waals surface area contributed by atoms with Gasteiger partial charge in [0, 0.05) is 31.7 Å². The minimum Gasteiger partial charge on any atom is -0.377 e. The van der Waals surface area contributed by atoms with E-state index in [1.807, 2.05) is 0 Å². The topological polar surface area (TPSA) is 60.6 Å². The highest BCUT2D eigenvalue weighted by atomic mass is 16.5. The molecule has 6 nitrogen and oxygen atoms in total. The zero-order valence-electron chi connectivity index (χ0n) is 14.6. The molecule has 0 radical (unpaired) electrons. The summed E-state index contributed by atoms with van der Waals surface area (Å²) in [4.78, 5) is 6.93. The molecule has 2 atom stereocenters. The fraction of sp³-hybridized carbons (Fsp3) is 0.882. The fourth-order valence-electron chi connectivity index (χ4n) is 3.18. The van der Waals surface area contributed by atoms with Crippen molar-refractivity contribution in [2.75, 3.05) is 26.3 Å². The van der Waals surface area contributed by atoms with Crippen LogP contribution in [0.25, 0.3) is 0 Å². The van der Waals surface area contributed by atoms with E-state index in [4.69, 9.17) is 14.0 Å². The molecule has 2 fully saturated rings. The van der Waals surface area contributed by atoms with Gasteiger partial charge in [-0.25, -0.2) is 0 Å². The minimum atomic E-state index is -0.112. The van der Waals surface area contributed by atoms with Crippen LogP contribution in [0.2, 0.25) is 0 Å². The van der Waals surface area contributed by atoms with Gasteiger partial charge in [-0.05, 0) is 25.7 Å². The van der Waals surface area contributed by atoms with E-state index in [-0.39, 0.29) is 5.41 Å². The Bertz CT molecular complexity index is 468. The average Bonchev–Trinajstić information content (AvgIpc) is 3.18. The third kappa shape index (κ3) is 4.75. The van der Waals surface area contributed by atoms with E-state index in [9.17, 15) is 0 Å². The Morgan fingerprint density at radius 1 is 1.04 bits per heavy atom. The summed E-state index contributed by atoms with van der Waals surface area (Å²) in [5, 5.41) is 4.16. The first-order valence-corrected chi connectivity index (χ1v) is 8.79. The summed E-state index contributed by atoms with van der Waals surface area (Å²) in [6.07, 6.45) is 5.25. The predicted molar refractivity (Wildman–Crippen MR) is 86.2 cm³/mol. The number of nitrogens with zero attached hydrogens (tertiary/aromatic N) is 3. The normalized spacial score (nSPS) is 25.6. The molecular formula is C17H29N3O3. The average molecular weight is 323 g/mol. The van der Waals surface area contributed by atoms with Crippen molar-refractivity contribution in [1.29, 1.82) is 0 Å². The standard InChI is InChI=1S/C17H29N3O3/c1-17(2,3)16-18-15(19-23-16)12-20(10-13-6-4-8-21-13)11-14-7-5-9-22-14/h13-14H,4-12H2,1-3H3/t13-,14-/m0/s1. The second-order valence-electron chi connectivity index (χ2n) is 7.73. The number of rotatable bonds is 6. The van der Waals surface area contributed by atoms with Crippen molar-refractivity contribution in [3.63, 3.8) is 0 Å². The molecule has 0 N–H and O–H groups in total. The van der Waals surface area contributed by atoms with E-state index in [0.29, 0.717) is 24.6 Å². The van der Waals surface area contributed by atoms with Gasteiger partial charge in [0.15, 0.2) is 5.82 Å². The molecule has 0 unspecified atom stereocenters. The molecule has 0 aliphatic carbocycles. The molecule has 2 saturated heterocycles. The van der Waals surface area contributed by atoms with Gasteiger partial charge in [0.1, 0.15) is 0 Å². The van der Waals surface area contributed by atoms with Gasteiger partial charge in [-0.15, -0.1) is 0 Å². The van der Waals surface area contributed by atoms with E-state index < -0.39 is 0 Å². The fourth-order valence-corrected chi connectivity index (χ4v) is 3.18. The zero-order valence-corrected chi connectivity index (χ0v) is 14.6. The molecule has 0 bridgehead atoms. The monoisotopic (exact) mass is 323 g/mol. The molecular weight excluding hydrogens is 294 g/mol. The van der Waals surface area contributed by atoms with Crippen molar-refractivity contribution in [3.05, 3.63) is 11.7 Å². The van der Waals surface area contributed by atoms with E-state index in [2.05, 4.69) is 35.8 Å². The lowest BCUT2D eigenvalue weighted by molar-refractivity contribution is 0.0334. The van der Waals surface area contributed by atoms with E-state index in [1.54, 1.807) is 0 Å². The second kappa shape index (κ2) is 7.28. The summed E-state index contributed by atoms with van der Waals surface area (Å²) >= 11 is 0. The molecule has 6 heteroatoms. The van der Waals surface area contributed by atoms with E-state index >= 15 is 0 Å². The van der Waals surface area contributed by atoms with Crippen LogP contribution in [-0.4, -0.2) is 53.6 Å². The van der Waals surface area contributed by atoms with Crippen LogP contribution in [0.3, 0.4) is 0 Å². The molecule has 1 aromatic heterocycles. The third-order valence-corrected chi connectivity index (χ3v) is 4.45. The Morgan fingerprint density at radius 3 is 2.09 bits per heavy atom. The molecule has 2 aliphatic rings. The molecule has 0 amide bonds. The lowest BCUT2D eigenvalue weighted by atomic mass is 9.97. The van der Waals surface area contributed by atoms with Crippen molar-refractivity contribution < 1.29 is 14.0 Å². The highest BCUT2D eigenvalue weighted by molar-refractivity contribution is 4.98. The molecule has 2 aliphatic heterocycles. The lowest BCUT2D eigenvalue weighted by Crippen LogP contribution is -2.37. The summed E-state index contributed by atoms with van der Waals surface area (Å²) in [6.45, 7) is 10.5. The quantitative estimate of drug-likeness (QED) is 0.802. The highest BCUT2D eigenvalue weighted by Gasteiger charge is 2.26. The summed E-state index contributed by atoms with van der Waals surface area (Å²) in [5.41, 5.74) is -0.112. The predicted octanol–water partition coefficient (Wildman–Crippen LogP) is 2.53. The first kappa shape index (κ1) is 16.9. The van der Waals surface area contributed by atoms with Crippen LogP contribution in [0.4, 0.5) is 0 Å². The molecule has 130 valence electrons. The summed E-state index contributed by atoms with van der Waals surface area (Å²) in [5.74, 6) is 1.45. The van der Waals surface area contributed by atoms with E-state index in [1.165, 1.54) is 0 Å². The number of hydrogen-bond acceptors (Lipinski definition) is 6. The van der Waals surface area contributed by atoms with Gasteiger partial charge >= 0.3 is 0 Å². The molecule has 0 aromatic carbocycles. The van der Waals surface area contributed by atoms with Gasteiger partial charge in [0.2, 0.25) is 5.89 Å². The smallest absolute Gasteiger partial charge is 0.232 e. The van der Waals surface area contributed by atoms with Crippen molar-refractivity contribution in [1.82, 2.24) is 15.0 Å². The van der Waals surface area contributed by atoms with E-state index in [0.717, 1.165) is 57.8 Å². The maximum atomic E-state index is 5.80. The molecule has 3 heterocycles. The van der Waals surface area contributed by atoms with Gasteiger partial charge in [0.05, 0.1) is 18.8 Å². The molecule has 0 saturated carbocycles. The van der Waals surface area contributed by atoms with Crippen LogP contribution in [0.5, 0.6) is 0 Å². The van der Waals surface area contributed by atoms with Crippen molar-refractivity contribution >= 4 is 0 Å². The maximum Gasteiger partial charge on any atom is 0.232 e. The maximum absolute atomic E-state index is 5.80. The Balaban J connectivity index is 1.62. The van der Waals surface area contributed by atoms with Gasteiger partial charge in [-0.3, -0.25) is 4.90 Å². The van der Waals surface area contributed by atoms with Gasteiger partial charge in [0.25, 0.3) is 0 Å². The first-order chi connectivity index (χ1) is 11.0. The lowest BCUT2D eigenvalue weighted by Gasteiger charge is -2.26. The van der Waals surface area contributed by atoms with Crippen LogP contribution in [0.1, 0.15) is 58.2 Å². The molecule has 3 rings (SSSR count). The molecule has 0 spiro atoms. The molecule has 1 aromatic rings. The second-order valence-corrected chi connectivity index (χ2v) is 7.73. The Hall–Kier alpha value is -0.980. The Kier molecular flexibility index (Phi) is 5.34. The zero-order chi connectivity index (χ0) is 16.3. The van der Waals surface area contributed by atoms with Crippen molar-refractivity contribution in [2.24, 2.45) is 0 Å². The van der Waals surface area contributed by atoms with Crippen LogP contribution in [-0.2, 0) is 21.4 Å². The molecule has 23 heavy (non-hydrogen) atoms. The summed E-state index contributed by atoms with van der Waals surface area (Å²) < 4.78 is 17.0. The minimum absolute atomic E-state index is 0.112. The van der Waals surface area contributed by atoms with Gasteiger partial charge in [-0.2, -0.15) is 4.98 Å². The number of hydrogen-bond donors (Lipinski definition) is 0. The van der Waals surface area contributed by atoms with Crippen LogP contribution in [0.15, 0.2) is 4.52 Å². The van der Waals surface area contributed by atoms with Crippen molar-refractivity contribution in [3.8, 4) is 0 Å². The highest BCUT2D eigenvalue weighted by Crippen LogP contribution is 2.21. The third-order valence-electron chi connectivity index (χ3n) is 4.45. The first-order valence-electron chi connectivity index (χ1n) is 8.79. The summed E-state index contributed by atoms with van der Waals surface area (Å²) in [6, 6.07) is 0. The summed E-state index contributed by atoms with van der Waals surface area (Å²) in [7, 11) is 0. The Morgan fingerprint density at radius 2 is 1.65 bits per heavy atom. The number of aromatic nitrogens is 2. The SMILES string of the molecule is CC(C)(C)c1nc(CN(C[C@@H]2CCCO2)C[C@@H]2CCCO2)no1. The van der Waals surface area contributed by atoms with Gasteiger partial charge < -0.3 is 14.0 Å². The van der Waals surface area contributed by atoms with Crippen LogP contribution in [0, 0.1) is 0 Å². The largest absolute Gasteiger partial charge is 0.377 e. The van der Waals surface area contributed by atoms with Gasteiger partial charge in [-0.1, -0.05) is 25.9 Å². The number of ether oxygens (including phenoxy) is 2. The Labute approximate surface area is 138 Å². The van der Waals surface area contributed by atoms with Crippen molar-refractivity contribution in [2.45, 2.75) is 70.6 Å². The van der Waals surface area contributed by atoms with Crippen LogP contribution >= 0.6 is 0 Å².